The fraction of sp³-hybridized carbons (Fsp3) is 0.429. The Balaban J connectivity index is 1.47. The number of hydrogen-bond donors (Lipinski definition) is 1. The topological polar surface area (TPSA) is 82.6 Å². The van der Waals surface area contributed by atoms with Crippen molar-refractivity contribution in [3.05, 3.63) is 41.1 Å². The first-order valence-corrected chi connectivity index (χ1v) is 9.69. The molecule has 2 aliphatic rings. The number of nitrogens with one attached hydrogen (secondary N) is 1. The fourth-order valence-electron chi connectivity index (χ4n) is 3.55. The molecule has 2 aromatic rings. The Morgan fingerprint density at radius 1 is 1.00 bits per heavy atom. The zero-order valence-electron chi connectivity index (χ0n) is 16.2. The number of piperazine rings is 1. The van der Waals surface area contributed by atoms with Crippen molar-refractivity contribution >= 4 is 28.6 Å². The van der Waals surface area contributed by atoms with E-state index < -0.39 is 11.8 Å². The van der Waals surface area contributed by atoms with E-state index >= 15 is 0 Å². The zero-order chi connectivity index (χ0) is 19.8. The normalized spacial score (nSPS) is 16.9. The van der Waals surface area contributed by atoms with Crippen LogP contribution < -0.4 is 5.32 Å². The van der Waals surface area contributed by atoms with Gasteiger partial charge in [0, 0.05) is 43.3 Å². The Kier molecular flexibility index (Phi) is 4.75. The van der Waals surface area contributed by atoms with Gasteiger partial charge in [0.1, 0.15) is 0 Å². The largest absolute Gasteiger partial charge is 0.345 e. The number of hydrogen-bond acceptors (Lipinski definition) is 4. The van der Waals surface area contributed by atoms with Gasteiger partial charge in [-0.15, -0.1) is 0 Å². The smallest absolute Gasteiger partial charge is 0.312 e. The summed E-state index contributed by atoms with van der Waals surface area (Å²) in [5.74, 6) is -1.09. The van der Waals surface area contributed by atoms with E-state index in [1.165, 1.54) is 4.90 Å². The standard InChI is InChI=1S/C21H24N4O3/c1-13-3-6-18-16(11-13)17(12-14(2)22-18)20(27)24-7-9-25(10-8-24)21(28)19(26)23-15-4-5-15/h3,6,11-12,15H,4-5,7-10H2,1-2H3,(H,23,26). The molecule has 7 heteroatoms. The molecule has 2 fully saturated rings. The summed E-state index contributed by atoms with van der Waals surface area (Å²) in [6.07, 6.45) is 1.89. The zero-order valence-corrected chi connectivity index (χ0v) is 16.2. The fourth-order valence-corrected chi connectivity index (χ4v) is 3.55. The van der Waals surface area contributed by atoms with Crippen LogP contribution in [0.15, 0.2) is 24.3 Å². The molecule has 1 aromatic heterocycles. The second-order valence-electron chi connectivity index (χ2n) is 7.66. The SMILES string of the molecule is Cc1ccc2nc(C)cc(C(=O)N3CCN(C(=O)C(=O)NC4CC4)CC3)c2c1. The maximum atomic E-state index is 13.2. The third kappa shape index (κ3) is 3.69. The highest BCUT2D eigenvalue weighted by atomic mass is 16.2. The maximum Gasteiger partial charge on any atom is 0.312 e. The number of nitrogens with zero attached hydrogens (tertiary/aromatic N) is 3. The average Bonchev–Trinajstić information content (AvgIpc) is 3.50. The Morgan fingerprint density at radius 3 is 2.36 bits per heavy atom. The van der Waals surface area contributed by atoms with E-state index in [1.807, 2.05) is 38.1 Å². The second-order valence-corrected chi connectivity index (χ2v) is 7.66. The predicted molar refractivity (Wildman–Crippen MR) is 105 cm³/mol. The van der Waals surface area contributed by atoms with E-state index in [2.05, 4.69) is 10.3 Å². The molecule has 1 saturated heterocycles. The summed E-state index contributed by atoms with van der Waals surface area (Å²) in [7, 11) is 0. The van der Waals surface area contributed by atoms with Crippen LogP contribution in [0, 0.1) is 13.8 Å². The highest BCUT2D eigenvalue weighted by Crippen LogP contribution is 2.22. The molecule has 146 valence electrons. The lowest BCUT2D eigenvalue weighted by molar-refractivity contribution is -0.146. The van der Waals surface area contributed by atoms with Crippen molar-refractivity contribution in [3.8, 4) is 0 Å². The van der Waals surface area contributed by atoms with Crippen LogP contribution >= 0.6 is 0 Å². The van der Waals surface area contributed by atoms with Gasteiger partial charge in [0.25, 0.3) is 5.91 Å². The van der Waals surface area contributed by atoms with Crippen LogP contribution in [0.3, 0.4) is 0 Å². The van der Waals surface area contributed by atoms with Crippen molar-refractivity contribution in [1.82, 2.24) is 20.1 Å². The van der Waals surface area contributed by atoms with E-state index in [1.54, 1.807) is 4.90 Å². The summed E-state index contributed by atoms with van der Waals surface area (Å²) in [5.41, 5.74) is 3.31. The summed E-state index contributed by atoms with van der Waals surface area (Å²) in [6, 6.07) is 7.89. The van der Waals surface area contributed by atoms with Gasteiger partial charge >= 0.3 is 11.8 Å². The quantitative estimate of drug-likeness (QED) is 0.799. The first-order valence-electron chi connectivity index (χ1n) is 9.69. The molecule has 1 aliphatic heterocycles. The number of amides is 3. The molecule has 0 spiro atoms. The average molecular weight is 380 g/mol. The minimum Gasteiger partial charge on any atom is -0.345 e. The molecule has 2 heterocycles. The van der Waals surface area contributed by atoms with Crippen LogP contribution in [0.5, 0.6) is 0 Å². The lowest BCUT2D eigenvalue weighted by Crippen LogP contribution is -2.54. The van der Waals surface area contributed by atoms with Crippen molar-refractivity contribution in [2.45, 2.75) is 32.7 Å². The number of aryl methyl sites for hydroxylation is 2. The van der Waals surface area contributed by atoms with Crippen molar-refractivity contribution in [2.24, 2.45) is 0 Å². The van der Waals surface area contributed by atoms with E-state index in [4.69, 9.17) is 0 Å². The molecule has 1 saturated carbocycles. The lowest BCUT2D eigenvalue weighted by atomic mass is 10.0. The van der Waals surface area contributed by atoms with Crippen molar-refractivity contribution in [1.29, 1.82) is 0 Å². The molecule has 1 aromatic carbocycles. The van der Waals surface area contributed by atoms with Crippen molar-refractivity contribution in [3.63, 3.8) is 0 Å². The molecular weight excluding hydrogens is 356 g/mol. The van der Waals surface area contributed by atoms with E-state index in [0.29, 0.717) is 31.7 Å². The summed E-state index contributed by atoms with van der Waals surface area (Å²) in [5, 5.41) is 3.57. The Morgan fingerprint density at radius 2 is 1.68 bits per heavy atom. The molecule has 0 unspecified atom stereocenters. The molecule has 28 heavy (non-hydrogen) atoms. The third-order valence-electron chi connectivity index (χ3n) is 5.28. The number of aromatic nitrogens is 1. The molecule has 1 aliphatic carbocycles. The number of fused-ring (bicyclic) bond motifs is 1. The van der Waals surface area contributed by atoms with Gasteiger partial charge in [0.15, 0.2) is 0 Å². The van der Waals surface area contributed by atoms with Crippen LogP contribution in [0.2, 0.25) is 0 Å². The van der Waals surface area contributed by atoms with Gasteiger partial charge in [-0.2, -0.15) is 0 Å². The van der Waals surface area contributed by atoms with Crippen LogP contribution in [0.1, 0.15) is 34.5 Å². The van der Waals surface area contributed by atoms with Crippen molar-refractivity contribution in [2.75, 3.05) is 26.2 Å². The molecule has 4 rings (SSSR count). The molecular formula is C21H24N4O3. The van der Waals surface area contributed by atoms with Gasteiger partial charge in [-0.1, -0.05) is 11.6 Å². The number of benzene rings is 1. The maximum absolute atomic E-state index is 13.2. The molecule has 0 bridgehead atoms. The highest BCUT2D eigenvalue weighted by Gasteiger charge is 2.32. The Bertz CT molecular complexity index is 960. The second kappa shape index (κ2) is 7.22. The first-order chi connectivity index (χ1) is 13.4. The van der Waals surface area contributed by atoms with Gasteiger partial charge in [0.2, 0.25) is 0 Å². The highest BCUT2D eigenvalue weighted by molar-refractivity contribution is 6.35. The monoisotopic (exact) mass is 380 g/mol. The minimum atomic E-state index is -0.534. The van der Waals surface area contributed by atoms with E-state index in [0.717, 1.165) is 35.0 Å². The molecule has 0 atom stereocenters. The van der Waals surface area contributed by atoms with E-state index in [9.17, 15) is 14.4 Å². The Labute approximate surface area is 163 Å². The van der Waals surface area contributed by atoms with Crippen LogP contribution in [-0.2, 0) is 9.59 Å². The summed E-state index contributed by atoms with van der Waals surface area (Å²) < 4.78 is 0. The molecule has 1 N–H and O–H groups in total. The summed E-state index contributed by atoms with van der Waals surface area (Å²) >= 11 is 0. The van der Waals surface area contributed by atoms with Gasteiger partial charge in [-0.25, -0.2) is 0 Å². The van der Waals surface area contributed by atoms with E-state index in [-0.39, 0.29) is 11.9 Å². The van der Waals surface area contributed by atoms with Gasteiger partial charge in [0.05, 0.1) is 11.1 Å². The van der Waals surface area contributed by atoms with Gasteiger partial charge < -0.3 is 15.1 Å². The number of carbonyl (C=O) groups is 3. The van der Waals surface area contributed by atoms with Gasteiger partial charge in [-0.05, 0) is 44.9 Å². The summed E-state index contributed by atoms with van der Waals surface area (Å²) in [6.45, 7) is 5.43. The minimum absolute atomic E-state index is 0.0596. The predicted octanol–water partition coefficient (Wildman–Crippen LogP) is 1.41. The molecule has 3 amide bonds. The Hall–Kier alpha value is -2.96. The van der Waals surface area contributed by atoms with Crippen molar-refractivity contribution < 1.29 is 14.4 Å². The third-order valence-corrected chi connectivity index (χ3v) is 5.28. The lowest BCUT2D eigenvalue weighted by Gasteiger charge is -2.34. The van der Waals surface area contributed by atoms with Crippen LogP contribution in [0.4, 0.5) is 0 Å². The first kappa shape index (κ1) is 18.4. The number of pyridine rings is 1. The van der Waals surface area contributed by atoms with Crippen LogP contribution in [-0.4, -0.2) is 64.7 Å². The molecule has 0 radical (unpaired) electrons. The number of carbonyl (C=O) groups excluding carboxylic acids is 3. The number of rotatable bonds is 2. The molecule has 7 nitrogen and oxygen atoms in total. The van der Waals surface area contributed by atoms with Crippen LogP contribution in [0.25, 0.3) is 10.9 Å². The van der Waals surface area contributed by atoms with Gasteiger partial charge in [-0.3, -0.25) is 19.4 Å². The summed E-state index contributed by atoms with van der Waals surface area (Å²) in [4.78, 5) is 45.2.